The van der Waals surface area contributed by atoms with Gasteiger partial charge in [0.15, 0.2) is 0 Å². The number of hydrogen-bond acceptors (Lipinski definition) is 3. The molecule has 0 aliphatic heterocycles. The fourth-order valence-electron chi connectivity index (χ4n) is 1.32. The van der Waals surface area contributed by atoms with E-state index in [1.807, 2.05) is 25.1 Å². The largest absolute Gasteiger partial charge is 0.469 e. The second kappa shape index (κ2) is 6.59. The van der Waals surface area contributed by atoms with Gasteiger partial charge in [0, 0.05) is 11.0 Å². The monoisotopic (exact) mass is 238 g/mol. The van der Waals surface area contributed by atoms with Crippen molar-refractivity contribution in [1.82, 2.24) is 0 Å². The highest BCUT2D eigenvalue weighted by atomic mass is 32.2. The summed E-state index contributed by atoms with van der Waals surface area (Å²) in [5.41, 5.74) is 1.29. The Balaban J connectivity index is 2.41. The second-order valence-electron chi connectivity index (χ2n) is 3.81. The van der Waals surface area contributed by atoms with Gasteiger partial charge in [0.25, 0.3) is 0 Å². The van der Waals surface area contributed by atoms with Gasteiger partial charge in [-0.05, 0) is 5.56 Å². The van der Waals surface area contributed by atoms with Crippen molar-refractivity contribution < 1.29 is 9.53 Å². The molecular formula is C13H18O2S. The number of carbonyl (C=O) groups excluding carboxylic acids is 1. The molecule has 0 saturated carbocycles. The number of carbonyl (C=O) groups is 1. The topological polar surface area (TPSA) is 26.3 Å². The first kappa shape index (κ1) is 13.1. The highest BCUT2D eigenvalue weighted by Crippen LogP contribution is 2.23. The number of ether oxygens (including phenoxy) is 1. The molecule has 0 saturated heterocycles. The molecule has 2 nitrogen and oxygen atoms in total. The van der Waals surface area contributed by atoms with Crippen LogP contribution in [0.3, 0.4) is 0 Å². The second-order valence-corrected chi connectivity index (χ2v) is 5.18. The third kappa shape index (κ3) is 3.89. The summed E-state index contributed by atoms with van der Waals surface area (Å²) in [5.74, 6) is 0.746. The zero-order chi connectivity index (χ0) is 12.0. The quantitative estimate of drug-likeness (QED) is 0.737. The molecule has 1 aromatic rings. The number of rotatable bonds is 5. The van der Waals surface area contributed by atoms with Crippen LogP contribution < -0.4 is 0 Å². The molecule has 0 aliphatic carbocycles. The van der Waals surface area contributed by atoms with Gasteiger partial charge in [0.05, 0.1) is 13.0 Å². The molecule has 2 atom stereocenters. The molecule has 0 radical (unpaired) electrons. The van der Waals surface area contributed by atoms with Crippen molar-refractivity contribution >= 4 is 17.7 Å². The third-order valence-corrected chi connectivity index (χ3v) is 4.07. The van der Waals surface area contributed by atoms with Crippen LogP contribution in [0.15, 0.2) is 30.3 Å². The zero-order valence-corrected chi connectivity index (χ0v) is 10.8. The van der Waals surface area contributed by atoms with E-state index in [0.717, 1.165) is 5.75 Å². The maximum atomic E-state index is 11.3. The molecular weight excluding hydrogens is 220 g/mol. The van der Waals surface area contributed by atoms with Crippen molar-refractivity contribution in [1.29, 1.82) is 0 Å². The Labute approximate surface area is 101 Å². The Bertz CT molecular complexity index is 324. The molecule has 16 heavy (non-hydrogen) atoms. The molecule has 0 amide bonds. The minimum atomic E-state index is -0.131. The van der Waals surface area contributed by atoms with Crippen LogP contribution in [0.25, 0.3) is 0 Å². The molecule has 3 heteroatoms. The fraction of sp³-hybridized carbons (Fsp3) is 0.462. The Kier molecular flexibility index (Phi) is 5.39. The first-order chi connectivity index (χ1) is 7.65. The lowest BCUT2D eigenvalue weighted by molar-refractivity contribution is -0.144. The van der Waals surface area contributed by atoms with Crippen LogP contribution in [0.5, 0.6) is 0 Å². The standard InChI is InChI=1S/C13H18O2S/c1-10(13(14)15-3)11(2)16-9-12-7-5-4-6-8-12/h4-8,10-11H,9H2,1-3H3/t10-,11+/m1/s1. The lowest BCUT2D eigenvalue weighted by Gasteiger charge is -2.17. The Morgan fingerprint density at radius 2 is 1.94 bits per heavy atom. The summed E-state index contributed by atoms with van der Waals surface area (Å²) in [7, 11) is 1.44. The average Bonchev–Trinajstić information content (AvgIpc) is 2.35. The van der Waals surface area contributed by atoms with E-state index in [1.165, 1.54) is 12.7 Å². The van der Waals surface area contributed by atoms with E-state index in [4.69, 9.17) is 4.74 Å². The van der Waals surface area contributed by atoms with Gasteiger partial charge in [-0.15, -0.1) is 0 Å². The summed E-state index contributed by atoms with van der Waals surface area (Å²) in [5, 5.41) is 0.271. The predicted molar refractivity (Wildman–Crippen MR) is 68.4 cm³/mol. The smallest absolute Gasteiger partial charge is 0.309 e. The predicted octanol–water partition coefficient (Wildman–Crippen LogP) is 3.12. The summed E-state index contributed by atoms with van der Waals surface area (Å²) in [4.78, 5) is 11.3. The number of hydrogen-bond donors (Lipinski definition) is 0. The van der Waals surface area contributed by atoms with E-state index < -0.39 is 0 Å². The Morgan fingerprint density at radius 3 is 2.50 bits per heavy atom. The van der Waals surface area contributed by atoms with E-state index in [1.54, 1.807) is 11.8 Å². The lowest BCUT2D eigenvalue weighted by atomic mass is 10.1. The van der Waals surface area contributed by atoms with Gasteiger partial charge in [-0.1, -0.05) is 44.2 Å². The van der Waals surface area contributed by atoms with Crippen LogP contribution >= 0.6 is 11.8 Å². The van der Waals surface area contributed by atoms with Crippen LogP contribution in [0.1, 0.15) is 19.4 Å². The fourth-order valence-corrected chi connectivity index (χ4v) is 2.37. The first-order valence-electron chi connectivity index (χ1n) is 5.38. The lowest BCUT2D eigenvalue weighted by Crippen LogP contribution is -2.22. The van der Waals surface area contributed by atoms with Crippen molar-refractivity contribution in [2.24, 2.45) is 5.92 Å². The zero-order valence-electron chi connectivity index (χ0n) is 9.97. The first-order valence-corrected chi connectivity index (χ1v) is 6.43. The summed E-state index contributed by atoms with van der Waals surface area (Å²) < 4.78 is 4.73. The molecule has 0 N–H and O–H groups in total. The minimum Gasteiger partial charge on any atom is -0.469 e. The van der Waals surface area contributed by atoms with Crippen molar-refractivity contribution in [3.8, 4) is 0 Å². The van der Waals surface area contributed by atoms with Crippen LogP contribution in [-0.4, -0.2) is 18.3 Å². The van der Waals surface area contributed by atoms with Gasteiger partial charge in [0.2, 0.25) is 0 Å². The van der Waals surface area contributed by atoms with Crippen molar-refractivity contribution in [2.75, 3.05) is 7.11 Å². The normalized spacial score (nSPS) is 14.2. The van der Waals surface area contributed by atoms with Crippen LogP contribution in [0.4, 0.5) is 0 Å². The SMILES string of the molecule is COC(=O)[C@H](C)[C@H](C)SCc1ccccc1. The molecule has 0 unspecified atom stereocenters. The van der Waals surface area contributed by atoms with E-state index >= 15 is 0 Å². The maximum absolute atomic E-state index is 11.3. The maximum Gasteiger partial charge on any atom is 0.309 e. The molecule has 1 rings (SSSR count). The number of benzene rings is 1. The van der Waals surface area contributed by atoms with Gasteiger partial charge in [-0.2, -0.15) is 11.8 Å². The summed E-state index contributed by atoms with van der Waals surface area (Å²) in [6, 6.07) is 10.3. The highest BCUT2D eigenvalue weighted by molar-refractivity contribution is 7.99. The Morgan fingerprint density at radius 1 is 1.31 bits per heavy atom. The molecule has 0 aromatic heterocycles. The number of methoxy groups -OCH3 is 1. The summed E-state index contributed by atoms with van der Waals surface area (Å²) in [6.07, 6.45) is 0. The molecule has 0 bridgehead atoms. The van der Waals surface area contributed by atoms with Crippen molar-refractivity contribution in [3.63, 3.8) is 0 Å². The molecule has 0 spiro atoms. The van der Waals surface area contributed by atoms with Gasteiger partial charge in [-0.25, -0.2) is 0 Å². The molecule has 0 aliphatic rings. The van der Waals surface area contributed by atoms with Crippen LogP contribution in [0, 0.1) is 5.92 Å². The number of esters is 1. The summed E-state index contributed by atoms with van der Waals surface area (Å²) >= 11 is 1.78. The van der Waals surface area contributed by atoms with E-state index in [9.17, 15) is 4.79 Å². The van der Waals surface area contributed by atoms with Gasteiger partial charge >= 0.3 is 5.97 Å². The molecule has 88 valence electrons. The molecule has 1 aromatic carbocycles. The third-order valence-electron chi connectivity index (χ3n) is 2.63. The van der Waals surface area contributed by atoms with E-state index in [2.05, 4.69) is 19.1 Å². The van der Waals surface area contributed by atoms with E-state index in [-0.39, 0.29) is 17.1 Å². The minimum absolute atomic E-state index is 0.0567. The van der Waals surface area contributed by atoms with E-state index in [0.29, 0.717) is 0 Å². The molecule has 0 fully saturated rings. The van der Waals surface area contributed by atoms with Crippen molar-refractivity contribution in [2.45, 2.75) is 24.9 Å². The highest BCUT2D eigenvalue weighted by Gasteiger charge is 2.20. The van der Waals surface area contributed by atoms with Gasteiger partial charge in [-0.3, -0.25) is 4.79 Å². The van der Waals surface area contributed by atoms with Crippen molar-refractivity contribution in [3.05, 3.63) is 35.9 Å². The van der Waals surface area contributed by atoms with Crippen LogP contribution in [-0.2, 0) is 15.3 Å². The molecule has 0 heterocycles. The van der Waals surface area contributed by atoms with Gasteiger partial charge < -0.3 is 4.74 Å². The average molecular weight is 238 g/mol. The summed E-state index contributed by atoms with van der Waals surface area (Å²) in [6.45, 7) is 3.98. The Hall–Kier alpha value is -0.960. The van der Waals surface area contributed by atoms with Crippen LogP contribution in [0.2, 0.25) is 0 Å². The van der Waals surface area contributed by atoms with Gasteiger partial charge in [0.1, 0.15) is 0 Å². The number of thioether (sulfide) groups is 1.